The number of hydrogen-bond acceptors (Lipinski definition) is 3. The highest BCUT2D eigenvalue weighted by atomic mass is 16.1. The maximum absolute atomic E-state index is 11.4. The van der Waals surface area contributed by atoms with Gasteiger partial charge in [0.1, 0.15) is 0 Å². The molecule has 1 saturated heterocycles. The average Bonchev–Trinajstić information content (AvgIpc) is 2.58. The number of ketones is 1. The Kier molecular flexibility index (Phi) is 4.77. The molecule has 3 nitrogen and oxygen atoms in total. The van der Waals surface area contributed by atoms with Crippen molar-refractivity contribution in [2.45, 2.75) is 26.4 Å². The van der Waals surface area contributed by atoms with Gasteiger partial charge in [-0.3, -0.25) is 9.69 Å². The number of carbonyl (C=O) groups excluding carboxylic acids is 1. The van der Waals surface area contributed by atoms with Gasteiger partial charge < -0.3 is 4.90 Å². The molecule has 3 rings (SSSR count). The first-order valence-electron chi connectivity index (χ1n) is 8.27. The van der Waals surface area contributed by atoms with E-state index in [1.807, 2.05) is 12.1 Å². The van der Waals surface area contributed by atoms with Gasteiger partial charge in [-0.25, -0.2) is 0 Å². The van der Waals surface area contributed by atoms with Gasteiger partial charge in [-0.1, -0.05) is 42.5 Å². The maximum Gasteiger partial charge on any atom is 0.159 e. The summed E-state index contributed by atoms with van der Waals surface area (Å²) in [4.78, 5) is 16.3. The molecule has 1 atom stereocenters. The summed E-state index contributed by atoms with van der Waals surface area (Å²) in [7, 11) is 0. The molecule has 2 aromatic carbocycles. The van der Waals surface area contributed by atoms with Crippen LogP contribution in [0.2, 0.25) is 0 Å². The summed E-state index contributed by atoms with van der Waals surface area (Å²) in [5.74, 6) is 0.126. The van der Waals surface area contributed by atoms with Crippen molar-refractivity contribution >= 4 is 11.5 Å². The van der Waals surface area contributed by atoms with Gasteiger partial charge in [0.15, 0.2) is 5.78 Å². The van der Waals surface area contributed by atoms with Crippen LogP contribution in [0.1, 0.15) is 29.8 Å². The van der Waals surface area contributed by atoms with E-state index in [0.717, 1.165) is 31.7 Å². The van der Waals surface area contributed by atoms with Crippen molar-refractivity contribution in [3.8, 4) is 0 Å². The lowest BCUT2D eigenvalue weighted by Crippen LogP contribution is -2.51. The molecule has 120 valence electrons. The van der Waals surface area contributed by atoms with E-state index in [1.165, 1.54) is 11.3 Å². The number of anilines is 1. The highest BCUT2D eigenvalue weighted by Crippen LogP contribution is 2.20. The molecule has 1 fully saturated rings. The fourth-order valence-electron chi connectivity index (χ4n) is 3.18. The predicted octanol–water partition coefficient (Wildman–Crippen LogP) is 3.60. The molecule has 0 saturated carbocycles. The molecular formula is C20H24N2O. The van der Waals surface area contributed by atoms with Gasteiger partial charge in [0, 0.05) is 43.5 Å². The molecule has 0 amide bonds. The van der Waals surface area contributed by atoms with Crippen LogP contribution in [0.5, 0.6) is 0 Å². The van der Waals surface area contributed by atoms with E-state index >= 15 is 0 Å². The number of hydrogen-bond donors (Lipinski definition) is 0. The monoisotopic (exact) mass is 308 g/mol. The number of Topliss-reactive ketones (excluding diaryl/α,β-unsaturated/α-hetero) is 1. The number of rotatable bonds is 4. The number of piperazine rings is 1. The van der Waals surface area contributed by atoms with Crippen molar-refractivity contribution < 1.29 is 4.79 Å². The molecule has 23 heavy (non-hydrogen) atoms. The minimum absolute atomic E-state index is 0.126. The second kappa shape index (κ2) is 6.97. The molecule has 1 heterocycles. The quantitative estimate of drug-likeness (QED) is 0.806. The van der Waals surface area contributed by atoms with E-state index in [-0.39, 0.29) is 5.78 Å². The highest BCUT2D eigenvalue weighted by Gasteiger charge is 2.23. The third kappa shape index (κ3) is 3.80. The molecule has 1 aliphatic heterocycles. The molecule has 1 aliphatic rings. The Morgan fingerprint density at radius 1 is 1.04 bits per heavy atom. The second-order valence-electron chi connectivity index (χ2n) is 6.35. The lowest BCUT2D eigenvalue weighted by Gasteiger charge is -2.41. The predicted molar refractivity (Wildman–Crippen MR) is 95.0 cm³/mol. The third-order valence-electron chi connectivity index (χ3n) is 4.63. The molecule has 0 N–H and O–H groups in total. The van der Waals surface area contributed by atoms with Crippen LogP contribution in [-0.4, -0.2) is 36.4 Å². The summed E-state index contributed by atoms with van der Waals surface area (Å²) in [6.07, 6.45) is 0. The zero-order chi connectivity index (χ0) is 16.2. The van der Waals surface area contributed by atoms with Crippen molar-refractivity contribution in [2.75, 3.05) is 24.5 Å². The Labute approximate surface area is 138 Å². The largest absolute Gasteiger partial charge is 0.369 e. The summed E-state index contributed by atoms with van der Waals surface area (Å²) in [6, 6.07) is 19.2. The SMILES string of the molecule is CC(=O)c1ccc(CN2CCN(c3ccccc3)C[C@H]2C)cc1. The van der Waals surface area contributed by atoms with Crippen molar-refractivity contribution in [1.82, 2.24) is 4.90 Å². The Morgan fingerprint density at radius 3 is 2.35 bits per heavy atom. The number of carbonyl (C=O) groups is 1. The zero-order valence-corrected chi connectivity index (χ0v) is 13.9. The third-order valence-corrected chi connectivity index (χ3v) is 4.63. The van der Waals surface area contributed by atoms with Gasteiger partial charge in [-0.2, -0.15) is 0 Å². The fourth-order valence-corrected chi connectivity index (χ4v) is 3.18. The van der Waals surface area contributed by atoms with E-state index in [2.05, 4.69) is 59.2 Å². The molecule has 0 radical (unpaired) electrons. The summed E-state index contributed by atoms with van der Waals surface area (Å²) < 4.78 is 0. The van der Waals surface area contributed by atoms with Crippen LogP contribution in [0.15, 0.2) is 54.6 Å². The van der Waals surface area contributed by atoms with Gasteiger partial charge in [0.05, 0.1) is 0 Å². The summed E-state index contributed by atoms with van der Waals surface area (Å²) >= 11 is 0. The minimum Gasteiger partial charge on any atom is -0.369 e. The molecule has 2 aromatic rings. The van der Waals surface area contributed by atoms with Gasteiger partial charge in [-0.15, -0.1) is 0 Å². The van der Waals surface area contributed by atoms with Gasteiger partial charge in [-0.05, 0) is 31.5 Å². The van der Waals surface area contributed by atoms with Crippen molar-refractivity contribution in [1.29, 1.82) is 0 Å². The standard InChI is InChI=1S/C20H24N2O/c1-16-14-22(20-6-4-3-5-7-20)13-12-21(16)15-18-8-10-19(11-9-18)17(2)23/h3-11,16H,12-15H2,1-2H3/t16-/m1/s1. The topological polar surface area (TPSA) is 23.6 Å². The lowest BCUT2D eigenvalue weighted by molar-refractivity contribution is 0.101. The van der Waals surface area contributed by atoms with Crippen molar-refractivity contribution in [3.05, 3.63) is 65.7 Å². The van der Waals surface area contributed by atoms with E-state index in [9.17, 15) is 4.79 Å². The highest BCUT2D eigenvalue weighted by molar-refractivity contribution is 5.93. The van der Waals surface area contributed by atoms with Gasteiger partial charge in [0.2, 0.25) is 0 Å². The van der Waals surface area contributed by atoms with Crippen LogP contribution in [0, 0.1) is 0 Å². The average molecular weight is 308 g/mol. The van der Waals surface area contributed by atoms with Gasteiger partial charge in [0.25, 0.3) is 0 Å². The van der Waals surface area contributed by atoms with Crippen LogP contribution >= 0.6 is 0 Å². The Hall–Kier alpha value is -2.13. The van der Waals surface area contributed by atoms with E-state index in [1.54, 1.807) is 6.92 Å². The smallest absolute Gasteiger partial charge is 0.159 e. The maximum atomic E-state index is 11.4. The zero-order valence-electron chi connectivity index (χ0n) is 13.9. The van der Waals surface area contributed by atoms with Crippen LogP contribution in [0.3, 0.4) is 0 Å². The molecule has 0 bridgehead atoms. The first kappa shape index (κ1) is 15.8. The van der Waals surface area contributed by atoms with E-state index in [0.29, 0.717) is 6.04 Å². The molecule has 0 unspecified atom stereocenters. The summed E-state index contributed by atoms with van der Waals surface area (Å²) in [5, 5.41) is 0. The second-order valence-corrected chi connectivity index (χ2v) is 6.35. The fraction of sp³-hybridized carbons (Fsp3) is 0.350. The van der Waals surface area contributed by atoms with Gasteiger partial charge >= 0.3 is 0 Å². The van der Waals surface area contributed by atoms with Crippen LogP contribution in [0.4, 0.5) is 5.69 Å². The molecule has 0 aromatic heterocycles. The Bertz CT molecular complexity index is 651. The number of para-hydroxylation sites is 1. The normalized spacial score (nSPS) is 18.9. The molecule has 0 spiro atoms. The molecule has 3 heteroatoms. The van der Waals surface area contributed by atoms with E-state index < -0.39 is 0 Å². The molecule has 0 aliphatic carbocycles. The van der Waals surface area contributed by atoms with Crippen LogP contribution in [-0.2, 0) is 6.54 Å². The first-order valence-corrected chi connectivity index (χ1v) is 8.27. The van der Waals surface area contributed by atoms with E-state index in [4.69, 9.17) is 0 Å². The Balaban J connectivity index is 1.61. The minimum atomic E-state index is 0.126. The lowest BCUT2D eigenvalue weighted by atomic mass is 10.1. The van der Waals surface area contributed by atoms with Crippen molar-refractivity contribution in [2.24, 2.45) is 0 Å². The number of nitrogens with zero attached hydrogens (tertiary/aromatic N) is 2. The number of benzene rings is 2. The van der Waals surface area contributed by atoms with Crippen molar-refractivity contribution in [3.63, 3.8) is 0 Å². The summed E-state index contributed by atoms with van der Waals surface area (Å²) in [6.45, 7) is 8.01. The molecular weight excluding hydrogens is 284 g/mol. The Morgan fingerprint density at radius 2 is 1.74 bits per heavy atom. The van der Waals surface area contributed by atoms with Crippen LogP contribution in [0.25, 0.3) is 0 Å². The van der Waals surface area contributed by atoms with Crippen LogP contribution < -0.4 is 4.90 Å². The summed E-state index contributed by atoms with van der Waals surface area (Å²) in [5.41, 5.74) is 3.37. The first-order chi connectivity index (χ1) is 11.1.